The van der Waals surface area contributed by atoms with Gasteiger partial charge in [0.15, 0.2) is 0 Å². The normalized spacial score (nSPS) is 13.4. The van der Waals surface area contributed by atoms with Crippen LogP contribution < -0.4 is 5.73 Å². The summed E-state index contributed by atoms with van der Waals surface area (Å²) >= 11 is 0. The molecule has 72 valence electrons. The van der Waals surface area contributed by atoms with Crippen molar-refractivity contribution in [1.29, 1.82) is 0 Å². The summed E-state index contributed by atoms with van der Waals surface area (Å²) in [6.45, 7) is 8.56. The SMILES string of the molecule is Cc1ccc([C@H](N)C(C)C)cc1C. The van der Waals surface area contributed by atoms with Crippen molar-refractivity contribution in [3.8, 4) is 0 Å². The van der Waals surface area contributed by atoms with Crippen molar-refractivity contribution in [3.63, 3.8) is 0 Å². The van der Waals surface area contributed by atoms with Crippen LogP contribution in [0.5, 0.6) is 0 Å². The van der Waals surface area contributed by atoms with Crippen LogP contribution in [0.1, 0.15) is 36.6 Å². The van der Waals surface area contributed by atoms with Crippen LogP contribution >= 0.6 is 0 Å². The van der Waals surface area contributed by atoms with Gasteiger partial charge in [-0.2, -0.15) is 0 Å². The molecule has 0 aliphatic rings. The highest BCUT2D eigenvalue weighted by Gasteiger charge is 2.10. The zero-order valence-corrected chi connectivity index (χ0v) is 8.96. The van der Waals surface area contributed by atoms with Gasteiger partial charge in [-0.1, -0.05) is 32.0 Å². The van der Waals surface area contributed by atoms with E-state index in [0.29, 0.717) is 5.92 Å². The van der Waals surface area contributed by atoms with E-state index in [-0.39, 0.29) is 6.04 Å². The molecule has 2 N–H and O–H groups in total. The minimum Gasteiger partial charge on any atom is -0.324 e. The summed E-state index contributed by atoms with van der Waals surface area (Å²) in [6, 6.07) is 6.64. The number of benzene rings is 1. The Morgan fingerprint density at radius 1 is 1.08 bits per heavy atom. The molecule has 0 fully saturated rings. The van der Waals surface area contributed by atoms with E-state index < -0.39 is 0 Å². The van der Waals surface area contributed by atoms with E-state index in [4.69, 9.17) is 5.73 Å². The smallest absolute Gasteiger partial charge is 0.0318 e. The quantitative estimate of drug-likeness (QED) is 0.738. The monoisotopic (exact) mass is 177 g/mol. The van der Waals surface area contributed by atoms with Crippen LogP contribution in [0.15, 0.2) is 18.2 Å². The fourth-order valence-electron chi connectivity index (χ4n) is 1.36. The van der Waals surface area contributed by atoms with E-state index in [0.717, 1.165) is 0 Å². The highest BCUT2D eigenvalue weighted by Crippen LogP contribution is 2.20. The zero-order chi connectivity index (χ0) is 10.0. The van der Waals surface area contributed by atoms with Crippen molar-refractivity contribution >= 4 is 0 Å². The van der Waals surface area contributed by atoms with Gasteiger partial charge < -0.3 is 5.73 Å². The van der Waals surface area contributed by atoms with Gasteiger partial charge in [0.2, 0.25) is 0 Å². The van der Waals surface area contributed by atoms with Gasteiger partial charge in [0.1, 0.15) is 0 Å². The fourth-order valence-corrected chi connectivity index (χ4v) is 1.36. The van der Waals surface area contributed by atoms with E-state index in [1.165, 1.54) is 16.7 Å². The van der Waals surface area contributed by atoms with Gasteiger partial charge in [-0.05, 0) is 36.5 Å². The van der Waals surface area contributed by atoms with E-state index in [1.807, 2.05) is 0 Å². The second-order valence-electron chi connectivity index (χ2n) is 4.11. The zero-order valence-electron chi connectivity index (χ0n) is 8.96. The molecule has 0 amide bonds. The molecule has 0 aromatic heterocycles. The molecule has 1 nitrogen and oxygen atoms in total. The van der Waals surface area contributed by atoms with Crippen LogP contribution in [0.3, 0.4) is 0 Å². The first-order valence-corrected chi connectivity index (χ1v) is 4.85. The first-order valence-electron chi connectivity index (χ1n) is 4.85. The lowest BCUT2D eigenvalue weighted by Gasteiger charge is -2.17. The first kappa shape index (κ1) is 10.3. The fraction of sp³-hybridized carbons (Fsp3) is 0.500. The lowest BCUT2D eigenvalue weighted by molar-refractivity contribution is 0.514. The highest BCUT2D eigenvalue weighted by molar-refractivity contribution is 5.31. The van der Waals surface area contributed by atoms with Gasteiger partial charge in [0.25, 0.3) is 0 Å². The maximum absolute atomic E-state index is 6.06. The highest BCUT2D eigenvalue weighted by atomic mass is 14.6. The molecule has 1 aromatic carbocycles. The van der Waals surface area contributed by atoms with Crippen molar-refractivity contribution in [2.45, 2.75) is 33.7 Å². The Labute approximate surface area is 81.0 Å². The van der Waals surface area contributed by atoms with Crippen LogP contribution in [-0.2, 0) is 0 Å². The number of rotatable bonds is 2. The first-order chi connectivity index (χ1) is 6.02. The Kier molecular flexibility index (Phi) is 3.10. The summed E-state index contributed by atoms with van der Waals surface area (Å²) in [5.74, 6) is 0.502. The minimum atomic E-state index is 0.166. The Morgan fingerprint density at radius 3 is 2.15 bits per heavy atom. The van der Waals surface area contributed by atoms with Gasteiger partial charge in [0.05, 0.1) is 0 Å². The third-order valence-corrected chi connectivity index (χ3v) is 2.63. The van der Waals surface area contributed by atoms with Crippen molar-refractivity contribution in [2.24, 2.45) is 11.7 Å². The van der Waals surface area contributed by atoms with Crippen molar-refractivity contribution in [1.82, 2.24) is 0 Å². The summed E-state index contributed by atoms with van der Waals surface area (Å²) in [4.78, 5) is 0. The van der Waals surface area contributed by atoms with Gasteiger partial charge in [-0.3, -0.25) is 0 Å². The summed E-state index contributed by atoms with van der Waals surface area (Å²) in [5.41, 5.74) is 9.97. The van der Waals surface area contributed by atoms with Gasteiger partial charge >= 0.3 is 0 Å². The maximum Gasteiger partial charge on any atom is 0.0318 e. The molecule has 0 saturated carbocycles. The third kappa shape index (κ3) is 2.31. The molecular weight excluding hydrogens is 158 g/mol. The molecule has 0 aliphatic heterocycles. The maximum atomic E-state index is 6.06. The molecule has 0 unspecified atom stereocenters. The molecule has 0 spiro atoms. The van der Waals surface area contributed by atoms with E-state index in [2.05, 4.69) is 45.9 Å². The predicted octanol–water partition coefficient (Wildman–Crippen LogP) is 2.96. The van der Waals surface area contributed by atoms with E-state index >= 15 is 0 Å². The largest absolute Gasteiger partial charge is 0.324 e. The number of aryl methyl sites for hydroxylation is 2. The van der Waals surface area contributed by atoms with Crippen LogP contribution in [0.2, 0.25) is 0 Å². The number of hydrogen-bond acceptors (Lipinski definition) is 1. The molecule has 0 saturated heterocycles. The molecule has 0 aliphatic carbocycles. The van der Waals surface area contributed by atoms with Gasteiger partial charge in [-0.25, -0.2) is 0 Å². The minimum absolute atomic E-state index is 0.166. The molecule has 0 bridgehead atoms. The van der Waals surface area contributed by atoms with Crippen molar-refractivity contribution < 1.29 is 0 Å². The Balaban J connectivity index is 2.97. The van der Waals surface area contributed by atoms with Crippen LogP contribution in [0.4, 0.5) is 0 Å². The molecule has 1 rings (SSSR count). The second-order valence-corrected chi connectivity index (χ2v) is 4.11. The second kappa shape index (κ2) is 3.93. The molecule has 0 radical (unpaired) electrons. The topological polar surface area (TPSA) is 26.0 Å². The molecule has 1 atom stereocenters. The number of nitrogens with two attached hydrogens (primary N) is 1. The van der Waals surface area contributed by atoms with Crippen LogP contribution in [0, 0.1) is 19.8 Å². The molecule has 1 heteroatoms. The van der Waals surface area contributed by atoms with Crippen LogP contribution in [0.25, 0.3) is 0 Å². The van der Waals surface area contributed by atoms with Crippen LogP contribution in [-0.4, -0.2) is 0 Å². The Hall–Kier alpha value is -0.820. The molecular formula is C12H19N. The van der Waals surface area contributed by atoms with E-state index in [1.54, 1.807) is 0 Å². The Bertz CT molecular complexity index is 289. The summed E-state index contributed by atoms with van der Waals surface area (Å²) in [7, 11) is 0. The summed E-state index contributed by atoms with van der Waals surface area (Å²) in [5, 5.41) is 0. The van der Waals surface area contributed by atoms with E-state index in [9.17, 15) is 0 Å². The lowest BCUT2D eigenvalue weighted by Crippen LogP contribution is -2.16. The average Bonchev–Trinajstić information content (AvgIpc) is 2.08. The number of hydrogen-bond donors (Lipinski definition) is 1. The predicted molar refractivity (Wildman–Crippen MR) is 57.7 cm³/mol. The van der Waals surface area contributed by atoms with Crippen molar-refractivity contribution in [3.05, 3.63) is 34.9 Å². The lowest BCUT2D eigenvalue weighted by atomic mass is 9.94. The molecule has 0 heterocycles. The summed E-state index contributed by atoms with van der Waals surface area (Å²) in [6.07, 6.45) is 0. The third-order valence-electron chi connectivity index (χ3n) is 2.63. The average molecular weight is 177 g/mol. The van der Waals surface area contributed by atoms with Gasteiger partial charge in [-0.15, -0.1) is 0 Å². The molecule has 13 heavy (non-hydrogen) atoms. The summed E-state index contributed by atoms with van der Waals surface area (Å²) < 4.78 is 0. The Morgan fingerprint density at radius 2 is 1.69 bits per heavy atom. The molecule has 1 aromatic rings. The van der Waals surface area contributed by atoms with Gasteiger partial charge in [0, 0.05) is 6.04 Å². The van der Waals surface area contributed by atoms with Crippen molar-refractivity contribution in [2.75, 3.05) is 0 Å². The standard InChI is InChI=1S/C12H19N/c1-8(2)12(13)11-6-5-9(3)10(4)7-11/h5-8,12H,13H2,1-4H3/t12-/m1/s1.